The van der Waals surface area contributed by atoms with Gasteiger partial charge in [0.05, 0.1) is 16.9 Å². The number of sulfone groups is 1. The molecule has 1 aliphatic carbocycles. The van der Waals surface area contributed by atoms with Gasteiger partial charge in [0.1, 0.15) is 6.61 Å². The van der Waals surface area contributed by atoms with Crippen molar-refractivity contribution in [3.63, 3.8) is 0 Å². The maximum Gasteiger partial charge on any atom is 0.409 e. The van der Waals surface area contributed by atoms with E-state index in [2.05, 4.69) is 0 Å². The molecule has 0 bridgehead atoms. The van der Waals surface area contributed by atoms with Crippen molar-refractivity contribution in [1.29, 1.82) is 0 Å². The van der Waals surface area contributed by atoms with E-state index < -0.39 is 44.5 Å². The third kappa shape index (κ3) is 2.86. The van der Waals surface area contributed by atoms with Gasteiger partial charge in [-0.1, -0.05) is 48.5 Å². The summed E-state index contributed by atoms with van der Waals surface area (Å²) in [4.78, 5) is 25.2. The molecule has 0 saturated carbocycles. The van der Waals surface area contributed by atoms with Crippen LogP contribution in [0.4, 0.5) is 9.18 Å². The number of likely N-dealkylation sites (tertiary alicyclic amines) is 1. The van der Waals surface area contributed by atoms with Gasteiger partial charge in [-0.05, 0) is 22.3 Å². The highest BCUT2D eigenvalue weighted by Crippen LogP contribution is 2.51. The van der Waals surface area contributed by atoms with E-state index in [9.17, 15) is 23.1 Å². The molecule has 2 heterocycles. The van der Waals surface area contributed by atoms with E-state index in [4.69, 9.17) is 4.74 Å². The summed E-state index contributed by atoms with van der Waals surface area (Å²) in [6.07, 6.45) is -0.704. The molecule has 7 nitrogen and oxygen atoms in total. The number of halogens is 1. The molecule has 1 N–H and O–H groups in total. The number of carboxylic acids is 1. The lowest BCUT2D eigenvalue weighted by molar-refractivity contribution is -0.166. The van der Waals surface area contributed by atoms with Crippen LogP contribution in [0.25, 0.3) is 11.1 Å². The van der Waals surface area contributed by atoms with Crippen molar-refractivity contribution in [2.24, 2.45) is 5.41 Å². The molecular formula is C22H20FNO6S. The second-order valence-corrected chi connectivity index (χ2v) is 10.6. The lowest BCUT2D eigenvalue weighted by Gasteiger charge is -2.50. The highest BCUT2D eigenvalue weighted by molar-refractivity contribution is 7.91. The van der Waals surface area contributed by atoms with Crippen molar-refractivity contribution >= 4 is 21.9 Å². The smallest absolute Gasteiger partial charge is 0.409 e. The molecule has 31 heavy (non-hydrogen) atoms. The van der Waals surface area contributed by atoms with Crippen molar-refractivity contribution in [3.8, 4) is 11.1 Å². The van der Waals surface area contributed by atoms with Crippen LogP contribution in [-0.4, -0.2) is 67.4 Å². The molecule has 1 spiro atoms. The molecule has 2 fully saturated rings. The van der Waals surface area contributed by atoms with Crippen LogP contribution in [0.15, 0.2) is 48.5 Å². The molecule has 9 heteroatoms. The molecule has 2 aromatic rings. The van der Waals surface area contributed by atoms with Crippen LogP contribution in [0.1, 0.15) is 17.0 Å². The summed E-state index contributed by atoms with van der Waals surface area (Å²) in [6, 6.07) is 15.7. The number of hydrogen-bond donors (Lipinski definition) is 1. The zero-order valence-corrected chi connectivity index (χ0v) is 17.3. The van der Waals surface area contributed by atoms with E-state index in [1.54, 1.807) is 0 Å². The number of benzene rings is 2. The molecule has 0 aromatic heterocycles. The van der Waals surface area contributed by atoms with E-state index in [0.29, 0.717) is 0 Å². The fourth-order valence-corrected chi connectivity index (χ4v) is 7.56. The molecular weight excluding hydrogens is 425 g/mol. The summed E-state index contributed by atoms with van der Waals surface area (Å²) < 4.78 is 44.4. The topological polar surface area (TPSA) is 101 Å². The van der Waals surface area contributed by atoms with E-state index in [1.807, 2.05) is 48.5 Å². The van der Waals surface area contributed by atoms with Crippen LogP contribution in [0.5, 0.6) is 0 Å². The third-order valence-electron chi connectivity index (χ3n) is 6.68. The van der Waals surface area contributed by atoms with Crippen LogP contribution in [0, 0.1) is 5.41 Å². The van der Waals surface area contributed by atoms with Gasteiger partial charge in [0.25, 0.3) is 0 Å². The monoisotopic (exact) mass is 445 g/mol. The van der Waals surface area contributed by atoms with Gasteiger partial charge < -0.3 is 14.7 Å². The number of carboxylic acid groups (broad SMARTS) is 1. The molecule has 162 valence electrons. The average molecular weight is 445 g/mol. The van der Waals surface area contributed by atoms with Crippen molar-refractivity contribution in [2.75, 3.05) is 31.2 Å². The lowest BCUT2D eigenvalue weighted by atomic mass is 9.70. The summed E-state index contributed by atoms with van der Waals surface area (Å²) in [5, 5.41) is 9.29. The van der Waals surface area contributed by atoms with Gasteiger partial charge in [-0.3, -0.25) is 0 Å². The van der Waals surface area contributed by atoms with Gasteiger partial charge in [0, 0.05) is 19.0 Å². The summed E-state index contributed by atoms with van der Waals surface area (Å²) in [5.41, 5.74) is -0.252. The summed E-state index contributed by atoms with van der Waals surface area (Å²) in [7, 11) is -3.84. The first-order valence-corrected chi connectivity index (χ1v) is 11.7. The molecule has 2 aliphatic heterocycles. The van der Waals surface area contributed by atoms with Crippen LogP contribution < -0.4 is 0 Å². The Morgan fingerprint density at radius 3 is 2.13 bits per heavy atom. The zero-order chi connectivity index (χ0) is 22.0. The second kappa shape index (κ2) is 6.53. The minimum atomic E-state index is -3.84. The van der Waals surface area contributed by atoms with E-state index in [1.165, 1.54) is 4.90 Å². The molecule has 1 amide bonds. The summed E-state index contributed by atoms with van der Waals surface area (Å²) >= 11 is 0. The first kappa shape index (κ1) is 20.0. The number of hydrogen-bond acceptors (Lipinski definition) is 5. The number of fused-ring (bicyclic) bond motifs is 3. The molecule has 1 atom stereocenters. The predicted octanol–water partition coefficient (Wildman–Crippen LogP) is 2.46. The maximum absolute atomic E-state index is 15.1. The number of amides is 1. The van der Waals surface area contributed by atoms with Crippen molar-refractivity contribution in [1.82, 2.24) is 4.90 Å². The van der Waals surface area contributed by atoms with Crippen LogP contribution in [0.2, 0.25) is 0 Å². The number of ether oxygens (including phenoxy) is 1. The third-order valence-corrected chi connectivity index (χ3v) is 8.51. The van der Waals surface area contributed by atoms with Gasteiger partial charge in [-0.2, -0.15) is 0 Å². The van der Waals surface area contributed by atoms with Gasteiger partial charge in [0.2, 0.25) is 5.67 Å². The highest BCUT2D eigenvalue weighted by Gasteiger charge is 2.71. The fourth-order valence-electron chi connectivity index (χ4n) is 5.17. The molecule has 2 aromatic carbocycles. The molecule has 5 rings (SSSR count). The standard InChI is InChI=1S/C22H20FNO6S/c23-22(19(25)26)13-31(28,29)12-21(22)10-24(11-21)20(27)30-9-18-16-7-3-1-5-14(16)15-6-2-4-8-17(15)18/h1-8,18H,9-13H2,(H,25,26). The van der Waals surface area contributed by atoms with E-state index >= 15 is 4.39 Å². The van der Waals surface area contributed by atoms with Crippen LogP contribution in [-0.2, 0) is 19.4 Å². The zero-order valence-electron chi connectivity index (χ0n) is 16.5. The average Bonchev–Trinajstić information content (AvgIpc) is 3.14. The minimum absolute atomic E-state index is 0.0777. The van der Waals surface area contributed by atoms with E-state index in [0.717, 1.165) is 22.3 Å². The number of nitrogens with zero attached hydrogens (tertiary/aromatic N) is 1. The number of aliphatic carboxylic acids is 1. The molecule has 2 saturated heterocycles. The first-order chi connectivity index (χ1) is 14.7. The molecule has 1 unspecified atom stereocenters. The van der Waals surface area contributed by atoms with Gasteiger partial charge >= 0.3 is 12.1 Å². The number of carbonyl (C=O) groups is 2. The quantitative estimate of drug-likeness (QED) is 0.779. The summed E-state index contributed by atoms with van der Waals surface area (Å²) in [5.74, 6) is -3.59. The predicted molar refractivity (Wildman–Crippen MR) is 109 cm³/mol. The SMILES string of the molecule is O=C(OCC1c2ccccc2-c2ccccc21)N1CC2(C1)CS(=O)(=O)CC2(F)C(=O)O. The first-order valence-electron chi connectivity index (χ1n) is 9.88. The Bertz CT molecular complexity index is 1160. The summed E-state index contributed by atoms with van der Waals surface area (Å²) in [6.45, 7) is -0.522. The molecule has 3 aliphatic rings. The van der Waals surface area contributed by atoms with E-state index in [-0.39, 0.29) is 25.6 Å². The van der Waals surface area contributed by atoms with Gasteiger partial charge in [-0.15, -0.1) is 0 Å². The Hall–Kier alpha value is -2.94. The van der Waals surface area contributed by atoms with Gasteiger partial charge in [0.15, 0.2) is 9.84 Å². The fraction of sp³-hybridized carbons (Fsp3) is 0.364. The molecule has 0 radical (unpaired) electrons. The maximum atomic E-state index is 15.1. The second-order valence-electron chi connectivity index (χ2n) is 8.58. The normalized spacial score (nSPS) is 25.0. The Morgan fingerprint density at radius 1 is 1.03 bits per heavy atom. The van der Waals surface area contributed by atoms with Crippen molar-refractivity contribution in [2.45, 2.75) is 11.6 Å². The number of rotatable bonds is 3. The number of alkyl halides is 1. The van der Waals surface area contributed by atoms with Gasteiger partial charge in [-0.25, -0.2) is 22.4 Å². The lowest BCUT2D eigenvalue weighted by Crippen LogP contribution is -2.69. The van der Waals surface area contributed by atoms with Crippen molar-refractivity contribution < 1.29 is 32.2 Å². The van der Waals surface area contributed by atoms with Crippen LogP contribution in [0.3, 0.4) is 0 Å². The Labute approximate surface area is 178 Å². The Morgan fingerprint density at radius 2 is 1.58 bits per heavy atom. The minimum Gasteiger partial charge on any atom is -0.479 e. The number of carbonyl (C=O) groups excluding carboxylic acids is 1. The van der Waals surface area contributed by atoms with Crippen LogP contribution >= 0.6 is 0 Å². The van der Waals surface area contributed by atoms with Crippen molar-refractivity contribution in [3.05, 3.63) is 59.7 Å². The Balaban J connectivity index is 1.30. The Kier molecular flexibility index (Phi) is 4.21. The largest absolute Gasteiger partial charge is 0.479 e. The highest BCUT2D eigenvalue weighted by atomic mass is 32.2.